The number of aryl methyl sites for hydroxylation is 2. The molecule has 100 valence electrons. The minimum Gasteiger partial charge on any atom is -0.298 e. The molecule has 3 nitrogen and oxygen atoms in total. The van der Waals surface area contributed by atoms with Crippen LogP contribution in [0.2, 0.25) is 0 Å². The summed E-state index contributed by atoms with van der Waals surface area (Å²) in [5.74, 6) is -0.768. The van der Waals surface area contributed by atoms with Crippen LogP contribution >= 0.6 is 0 Å². The first-order valence-electron chi connectivity index (χ1n) is 6.58. The van der Waals surface area contributed by atoms with E-state index in [-0.39, 0.29) is 5.78 Å². The first kappa shape index (κ1) is 14.0. The van der Waals surface area contributed by atoms with Crippen molar-refractivity contribution in [2.75, 3.05) is 0 Å². The highest BCUT2D eigenvalue weighted by Crippen LogP contribution is 2.18. The second-order valence-electron chi connectivity index (χ2n) is 4.80. The van der Waals surface area contributed by atoms with Crippen molar-refractivity contribution >= 4 is 5.78 Å². The smallest absolute Gasteiger partial charge is 0.154 e. The lowest BCUT2D eigenvalue weighted by atomic mass is 9.93. The van der Waals surface area contributed by atoms with Crippen LogP contribution < -0.4 is 0 Å². The van der Waals surface area contributed by atoms with Gasteiger partial charge in [-0.3, -0.25) is 9.78 Å². The van der Waals surface area contributed by atoms with Crippen molar-refractivity contribution in [2.24, 2.45) is 0 Å². The molecule has 1 aromatic heterocycles. The van der Waals surface area contributed by atoms with Gasteiger partial charge in [0.25, 0.3) is 0 Å². The maximum atomic E-state index is 12.2. The van der Waals surface area contributed by atoms with E-state index >= 15 is 0 Å². The zero-order chi connectivity index (χ0) is 14.4. The number of aromatic nitrogens is 1. The highest BCUT2D eigenvalue weighted by molar-refractivity contribution is 5.88. The van der Waals surface area contributed by atoms with E-state index in [1.165, 1.54) is 5.56 Å². The molecular formula is C17H16N2O. The van der Waals surface area contributed by atoms with Crippen LogP contribution in [-0.4, -0.2) is 10.8 Å². The van der Waals surface area contributed by atoms with Crippen molar-refractivity contribution in [3.8, 4) is 6.07 Å². The Kier molecular flexibility index (Phi) is 4.62. The minimum absolute atomic E-state index is 0.0537. The number of hydrogen-bond acceptors (Lipinski definition) is 3. The SMILES string of the molecule is Cc1cccc(CCC(=O)C(C#N)c2cccnc2)c1. The van der Waals surface area contributed by atoms with Gasteiger partial charge in [0.05, 0.1) is 6.07 Å². The van der Waals surface area contributed by atoms with Crippen molar-refractivity contribution in [1.82, 2.24) is 4.98 Å². The molecule has 1 aromatic carbocycles. The number of ketones is 1. The maximum absolute atomic E-state index is 12.2. The summed E-state index contributed by atoms with van der Waals surface area (Å²) in [4.78, 5) is 16.1. The second-order valence-corrected chi connectivity index (χ2v) is 4.80. The molecule has 0 saturated heterocycles. The first-order valence-corrected chi connectivity index (χ1v) is 6.58. The highest BCUT2D eigenvalue weighted by atomic mass is 16.1. The van der Waals surface area contributed by atoms with Crippen LogP contribution in [0.5, 0.6) is 0 Å². The number of carbonyl (C=O) groups is 1. The zero-order valence-corrected chi connectivity index (χ0v) is 11.4. The molecule has 0 amide bonds. The van der Waals surface area contributed by atoms with Gasteiger partial charge in [0, 0.05) is 18.8 Å². The largest absolute Gasteiger partial charge is 0.298 e. The van der Waals surface area contributed by atoms with Gasteiger partial charge in [-0.1, -0.05) is 35.9 Å². The van der Waals surface area contributed by atoms with Crippen molar-refractivity contribution in [3.05, 3.63) is 65.5 Å². The quantitative estimate of drug-likeness (QED) is 0.833. The summed E-state index contributed by atoms with van der Waals surface area (Å²) in [6.45, 7) is 2.03. The summed E-state index contributed by atoms with van der Waals surface area (Å²) in [5.41, 5.74) is 2.98. The fourth-order valence-electron chi connectivity index (χ4n) is 2.16. The lowest BCUT2D eigenvalue weighted by molar-refractivity contribution is -0.119. The van der Waals surface area contributed by atoms with Gasteiger partial charge in [-0.25, -0.2) is 0 Å². The number of nitrogens with zero attached hydrogens (tertiary/aromatic N) is 2. The lowest BCUT2D eigenvalue weighted by Gasteiger charge is -2.08. The van der Waals surface area contributed by atoms with Gasteiger partial charge in [0.15, 0.2) is 5.78 Å². The number of hydrogen-bond donors (Lipinski definition) is 0. The average Bonchev–Trinajstić information content (AvgIpc) is 2.47. The van der Waals surface area contributed by atoms with Gasteiger partial charge in [-0.2, -0.15) is 5.26 Å². The highest BCUT2D eigenvalue weighted by Gasteiger charge is 2.19. The molecule has 3 heteroatoms. The second kappa shape index (κ2) is 6.63. The molecular weight excluding hydrogens is 248 g/mol. The number of Topliss-reactive ketones (excluding diaryl/α,β-unsaturated/α-hetero) is 1. The Hall–Kier alpha value is -2.47. The van der Waals surface area contributed by atoms with E-state index in [4.69, 9.17) is 0 Å². The molecule has 0 aliphatic heterocycles. The number of nitriles is 1. The molecule has 20 heavy (non-hydrogen) atoms. The summed E-state index contributed by atoms with van der Waals surface area (Å²) < 4.78 is 0. The fourth-order valence-corrected chi connectivity index (χ4v) is 2.16. The number of carbonyl (C=O) groups excluding carboxylic acids is 1. The molecule has 0 aliphatic carbocycles. The third-order valence-electron chi connectivity index (χ3n) is 3.21. The summed E-state index contributed by atoms with van der Waals surface area (Å²) in [7, 11) is 0. The molecule has 0 saturated carbocycles. The van der Waals surface area contributed by atoms with Crippen LogP contribution in [0.4, 0.5) is 0 Å². The molecule has 1 atom stereocenters. The van der Waals surface area contributed by atoms with Gasteiger partial charge < -0.3 is 0 Å². The van der Waals surface area contributed by atoms with E-state index in [2.05, 4.69) is 17.1 Å². The Balaban J connectivity index is 2.02. The average molecular weight is 264 g/mol. The van der Waals surface area contributed by atoms with Gasteiger partial charge in [-0.05, 0) is 30.5 Å². The van der Waals surface area contributed by atoms with E-state index in [0.29, 0.717) is 18.4 Å². The summed E-state index contributed by atoms with van der Waals surface area (Å²) in [6, 6.07) is 13.7. The molecule has 2 rings (SSSR count). The monoisotopic (exact) mass is 264 g/mol. The van der Waals surface area contributed by atoms with Gasteiger partial charge in [-0.15, -0.1) is 0 Å². The van der Waals surface area contributed by atoms with E-state index < -0.39 is 5.92 Å². The fraction of sp³-hybridized carbons (Fsp3) is 0.235. The molecule has 2 aromatic rings. The van der Waals surface area contributed by atoms with E-state index in [1.54, 1.807) is 24.5 Å². The van der Waals surface area contributed by atoms with Crippen molar-refractivity contribution in [3.63, 3.8) is 0 Å². The summed E-state index contributed by atoms with van der Waals surface area (Å²) in [5, 5.41) is 9.19. The van der Waals surface area contributed by atoms with Crippen LogP contribution in [0.25, 0.3) is 0 Å². The third kappa shape index (κ3) is 3.52. The van der Waals surface area contributed by atoms with Crippen LogP contribution in [0.15, 0.2) is 48.8 Å². The van der Waals surface area contributed by atoms with E-state index in [0.717, 1.165) is 5.56 Å². The Morgan fingerprint density at radius 1 is 1.35 bits per heavy atom. The van der Waals surface area contributed by atoms with E-state index in [1.807, 2.05) is 25.1 Å². The number of benzene rings is 1. The van der Waals surface area contributed by atoms with Crippen LogP contribution in [-0.2, 0) is 11.2 Å². The first-order chi connectivity index (χ1) is 9.70. The van der Waals surface area contributed by atoms with Crippen LogP contribution in [0.3, 0.4) is 0 Å². The van der Waals surface area contributed by atoms with Crippen LogP contribution in [0, 0.1) is 18.3 Å². The molecule has 0 spiro atoms. The van der Waals surface area contributed by atoms with Crippen LogP contribution in [0.1, 0.15) is 29.0 Å². The Morgan fingerprint density at radius 3 is 2.85 bits per heavy atom. The Labute approximate surface area is 118 Å². The number of pyridine rings is 1. The summed E-state index contributed by atoms with van der Waals surface area (Å²) >= 11 is 0. The molecule has 0 N–H and O–H groups in total. The van der Waals surface area contributed by atoms with E-state index in [9.17, 15) is 10.1 Å². The minimum atomic E-state index is -0.714. The Morgan fingerprint density at radius 2 is 2.20 bits per heavy atom. The molecule has 1 unspecified atom stereocenters. The van der Waals surface area contributed by atoms with Gasteiger partial charge in [0.2, 0.25) is 0 Å². The Bertz CT molecular complexity index is 629. The predicted octanol–water partition coefficient (Wildman–Crippen LogP) is 3.20. The lowest BCUT2D eigenvalue weighted by Crippen LogP contribution is -2.12. The van der Waals surface area contributed by atoms with Crippen molar-refractivity contribution < 1.29 is 4.79 Å². The molecule has 1 heterocycles. The van der Waals surface area contributed by atoms with Crippen molar-refractivity contribution in [1.29, 1.82) is 5.26 Å². The van der Waals surface area contributed by atoms with Crippen molar-refractivity contribution in [2.45, 2.75) is 25.7 Å². The third-order valence-corrected chi connectivity index (χ3v) is 3.21. The molecule has 0 radical (unpaired) electrons. The molecule has 0 aliphatic rings. The van der Waals surface area contributed by atoms with Gasteiger partial charge in [0.1, 0.15) is 5.92 Å². The predicted molar refractivity (Wildman–Crippen MR) is 77.1 cm³/mol. The maximum Gasteiger partial charge on any atom is 0.154 e. The van der Waals surface area contributed by atoms with Gasteiger partial charge >= 0.3 is 0 Å². The standard InChI is InChI=1S/C17H16N2O/c1-13-4-2-5-14(10-13)7-8-17(20)16(11-18)15-6-3-9-19-12-15/h2-6,9-10,12,16H,7-8H2,1H3. The normalized spacial score (nSPS) is 11.6. The zero-order valence-electron chi connectivity index (χ0n) is 11.4. The molecule has 0 bridgehead atoms. The summed E-state index contributed by atoms with van der Waals surface area (Å²) in [6.07, 6.45) is 4.25. The topological polar surface area (TPSA) is 53.8 Å². The molecule has 0 fully saturated rings. The number of rotatable bonds is 5.